The summed E-state index contributed by atoms with van der Waals surface area (Å²) < 4.78 is 19.2. The number of cyclic esters (lactones) is 1. The predicted molar refractivity (Wildman–Crippen MR) is 152 cm³/mol. The smallest absolute Gasteiger partial charge is 0.309 e. The van der Waals surface area contributed by atoms with Gasteiger partial charge in [0.25, 0.3) is 0 Å². The van der Waals surface area contributed by atoms with E-state index in [0.717, 1.165) is 19.3 Å². The lowest BCUT2D eigenvalue weighted by Gasteiger charge is -2.34. The second-order valence-corrected chi connectivity index (χ2v) is 12.6. The van der Waals surface area contributed by atoms with Gasteiger partial charge in [-0.1, -0.05) is 34.1 Å². The molecule has 4 rings (SSSR count). The second-order valence-electron chi connectivity index (χ2n) is 12.6. The Bertz CT molecular complexity index is 1320. The first-order valence-electron chi connectivity index (χ1n) is 14.4. The Morgan fingerprint density at radius 2 is 1.90 bits per heavy atom. The van der Waals surface area contributed by atoms with Crippen molar-refractivity contribution in [1.29, 1.82) is 0 Å². The lowest BCUT2D eigenvalue weighted by molar-refractivity contribution is -0.154. The number of hydrogen-bond acceptors (Lipinski definition) is 10. The van der Waals surface area contributed by atoms with E-state index in [-0.39, 0.29) is 29.8 Å². The number of Topliss-reactive ketones (excluding diaryl/α,β-unsaturated/α-hetero) is 1. The van der Waals surface area contributed by atoms with E-state index in [0.29, 0.717) is 34.9 Å². The van der Waals surface area contributed by atoms with Gasteiger partial charge < -0.3 is 29.0 Å². The summed E-state index contributed by atoms with van der Waals surface area (Å²) in [5.41, 5.74) is 0.231. The number of hydrogen-bond donors (Lipinski definition) is 2. The molecule has 0 unspecified atom stereocenters. The van der Waals surface area contributed by atoms with Crippen LogP contribution in [0.15, 0.2) is 11.9 Å². The summed E-state index contributed by atoms with van der Waals surface area (Å²) in [6.45, 7) is 10.7. The highest BCUT2D eigenvalue weighted by molar-refractivity contribution is 5.88. The molecule has 11 heteroatoms. The Kier molecular flexibility index (Phi) is 8.92. The van der Waals surface area contributed by atoms with Crippen molar-refractivity contribution in [2.45, 2.75) is 104 Å². The fourth-order valence-corrected chi connectivity index (χ4v) is 5.79. The third-order valence-electron chi connectivity index (χ3n) is 9.01. The second kappa shape index (κ2) is 11.8. The van der Waals surface area contributed by atoms with Crippen LogP contribution in [-0.4, -0.2) is 78.6 Å². The summed E-state index contributed by atoms with van der Waals surface area (Å²) in [5, 5.41) is 21.9. The summed E-state index contributed by atoms with van der Waals surface area (Å²) in [4.78, 5) is 39.9. The van der Waals surface area contributed by atoms with E-state index in [1.807, 2.05) is 27.8 Å². The number of rotatable bonds is 3. The molecule has 0 spiro atoms. The molecular weight excluding hydrogens is 528 g/mol. The van der Waals surface area contributed by atoms with E-state index in [4.69, 9.17) is 14.2 Å². The molecular formula is C30H44N4O7. The molecule has 0 bridgehead atoms. The highest BCUT2D eigenvalue weighted by Crippen LogP contribution is 2.45. The quantitative estimate of drug-likeness (QED) is 0.414. The fraction of sp³-hybridized carbons (Fsp3) is 0.700. The van der Waals surface area contributed by atoms with Gasteiger partial charge in [-0.05, 0) is 44.3 Å². The first-order chi connectivity index (χ1) is 19.2. The molecule has 41 heavy (non-hydrogen) atoms. The molecule has 2 aliphatic rings. The molecule has 4 heterocycles. The van der Waals surface area contributed by atoms with Crippen molar-refractivity contribution in [3.8, 4) is 5.88 Å². The van der Waals surface area contributed by atoms with Gasteiger partial charge >= 0.3 is 5.97 Å². The van der Waals surface area contributed by atoms with Gasteiger partial charge in [0, 0.05) is 19.4 Å². The summed E-state index contributed by atoms with van der Waals surface area (Å²) in [5.74, 6) is -0.991. The van der Waals surface area contributed by atoms with Gasteiger partial charge in [-0.3, -0.25) is 9.59 Å². The molecule has 2 saturated heterocycles. The summed E-state index contributed by atoms with van der Waals surface area (Å²) in [6.07, 6.45) is 2.85. The Balaban J connectivity index is 1.63. The zero-order chi connectivity index (χ0) is 30.3. The maximum atomic E-state index is 13.3. The van der Waals surface area contributed by atoms with Crippen LogP contribution in [0.2, 0.25) is 0 Å². The number of fused-ring (bicyclic) bond motifs is 2. The number of epoxide rings is 1. The number of carbonyl (C=O) groups excluding carboxylic acids is 2. The number of ketones is 1. The molecule has 0 aromatic carbocycles. The third kappa shape index (κ3) is 6.47. The standard InChI is InChI=1S/C30H44N4O7/c1-16-10-9-11-30(6)21(41-30)13-19(40-23(36)14-20(35)29(4,5)26(38)18(3)25(16)37)17(2)12-22-32-27-24(28(33-22)39-8)31-15-34(27)7/h12,15-16,18-21,25,35,37H,9-11,13-14H2,1-8H3/b17-12+/t16-,18+,19-,20-,21-,25-,30+/m0/s1. The van der Waals surface area contributed by atoms with Crippen LogP contribution < -0.4 is 4.74 Å². The minimum absolute atomic E-state index is 0.104. The van der Waals surface area contributed by atoms with Crippen molar-refractivity contribution >= 4 is 29.0 Å². The van der Waals surface area contributed by atoms with Crippen molar-refractivity contribution < 1.29 is 34.0 Å². The van der Waals surface area contributed by atoms with Gasteiger partial charge in [-0.25, -0.2) is 9.97 Å². The van der Waals surface area contributed by atoms with Crippen molar-refractivity contribution in [3.05, 3.63) is 17.7 Å². The van der Waals surface area contributed by atoms with E-state index < -0.39 is 35.6 Å². The molecule has 2 fully saturated rings. The van der Waals surface area contributed by atoms with Crippen LogP contribution in [0.25, 0.3) is 17.2 Å². The zero-order valence-corrected chi connectivity index (χ0v) is 25.4. The molecule has 226 valence electrons. The van der Waals surface area contributed by atoms with Crippen LogP contribution >= 0.6 is 0 Å². The predicted octanol–water partition coefficient (Wildman–Crippen LogP) is 3.40. The maximum absolute atomic E-state index is 13.3. The lowest BCUT2D eigenvalue weighted by atomic mass is 9.73. The topological polar surface area (TPSA) is 149 Å². The molecule has 0 saturated carbocycles. The number of aliphatic hydroxyl groups excluding tert-OH is 2. The Labute approximate surface area is 241 Å². The average Bonchev–Trinajstić information content (AvgIpc) is 3.40. The molecule has 2 aromatic rings. The third-order valence-corrected chi connectivity index (χ3v) is 9.01. The average molecular weight is 573 g/mol. The molecule has 2 aromatic heterocycles. The molecule has 11 nitrogen and oxygen atoms in total. The zero-order valence-electron chi connectivity index (χ0n) is 25.4. The number of nitrogens with zero attached hydrogens (tertiary/aromatic N) is 4. The number of methoxy groups -OCH3 is 1. The van der Waals surface area contributed by atoms with Crippen LogP contribution in [0.4, 0.5) is 0 Å². The highest BCUT2D eigenvalue weighted by atomic mass is 16.6. The van der Waals surface area contributed by atoms with Gasteiger partial charge in [0.05, 0.1) is 49.2 Å². The van der Waals surface area contributed by atoms with Gasteiger partial charge in [-0.2, -0.15) is 4.98 Å². The monoisotopic (exact) mass is 572 g/mol. The first-order valence-corrected chi connectivity index (χ1v) is 14.4. The normalized spacial score (nSPS) is 33.8. The number of ether oxygens (including phenoxy) is 3. The molecule has 2 aliphatic heterocycles. The van der Waals surface area contributed by atoms with Crippen molar-refractivity contribution in [2.75, 3.05) is 7.11 Å². The fourth-order valence-electron chi connectivity index (χ4n) is 5.79. The van der Waals surface area contributed by atoms with Crippen LogP contribution in [0.5, 0.6) is 5.88 Å². The van der Waals surface area contributed by atoms with Gasteiger partial charge in [-0.15, -0.1) is 0 Å². The van der Waals surface area contributed by atoms with Crippen LogP contribution in [0.3, 0.4) is 0 Å². The number of aliphatic hydroxyl groups is 2. The first kappa shape index (κ1) is 31.1. The largest absolute Gasteiger partial charge is 0.479 e. The lowest BCUT2D eigenvalue weighted by Crippen LogP contribution is -2.45. The molecule has 0 radical (unpaired) electrons. The van der Waals surface area contributed by atoms with Crippen LogP contribution in [-0.2, 0) is 26.1 Å². The van der Waals surface area contributed by atoms with Gasteiger partial charge in [0.15, 0.2) is 17.0 Å². The van der Waals surface area contributed by atoms with Crippen molar-refractivity contribution in [2.24, 2.45) is 24.3 Å². The van der Waals surface area contributed by atoms with E-state index >= 15 is 0 Å². The number of aryl methyl sites for hydroxylation is 1. The van der Waals surface area contributed by atoms with Crippen LogP contribution in [0, 0.1) is 17.3 Å². The van der Waals surface area contributed by atoms with E-state index in [1.165, 1.54) is 7.11 Å². The SMILES string of the molecule is COc1nc(/C=C(\C)[C@@H]2C[C@@H]3O[C@]3(C)CCC[C@H](C)[C@H](O)[C@@H](C)C(=O)C(C)(C)[C@@H](O)CC(=O)O2)nc2c1ncn2C. The molecule has 0 amide bonds. The number of imidazole rings is 1. The minimum atomic E-state index is -1.28. The van der Waals surface area contributed by atoms with Crippen molar-refractivity contribution in [3.63, 3.8) is 0 Å². The summed E-state index contributed by atoms with van der Waals surface area (Å²) in [7, 11) is 3.35. The number of esters is 1. The number of carbonyl (C=O) groups is 2. The minimum Gasteiger partial charge on any atom is -0.479 e. The number of aromatic nitrogens is 4. The van der Waals surface area contributed by atoms with E-state index in [2.05, 4.69) is 15.0 Å². The highest BCUT2D eigenvalue weighted by Gasteiger charge is 2.53. The van der Waals surface area contributed by atoms with E-state index in [9.17, 15) is 19.8 Å². The van der Waals surface area contributed by atoms with Crippen molar-refractivity contribution in [1.82, 2.24) is 19.5 Å². The summed E-state index contributed by atoms with van der Waals surface area (Å²) in [6, 6.07) is 0. The van der Waals surface area contributed by atoms with Crippen LogP contribution in [0.1, 0.15) is 79.5 Å². The van der Waals surface area contributed by atoms with Gasteiger partial charge in [0.2, 0.25) is 5.88 Å². The Morgan fingerprint density at radius 3 is 2.59 bits per heavy atom. The van der Waals surface area contributed by atoms with E-state index in [1.54, 1.807) is 37.7 Å². The molecule has 0 aliphatic carbocycles. The Morgan fingerprint density at radius 1 is 1.20 bits per heavy atom. The Hall–Kier alpha value is -2.89. The molecule has 7 atom stereocenters. The summed E-state index contributed by atoms with van der Waals surface area (Å²) >= 11 is 0. The van der Waals surface area contributed by atoms with Gasteiger partial charge in [0.1, 0.15) is 11.9 Å². The molecule has 2 N–H and O–H groups in total. The maximum Gasteiger partial charge on any atom is 0.309 e.